The molecule has 0 radical (unpaired) electrons. The lowest BCUT2D eigenvalue weighted by molar-refractivity contribution is -0.131. The third kappa shape index (κ3) is 3.53. The molecule has 2 rings (SSSR count). The van der Waals surface area contributed by atoms with Crippen LogP contribution in [0.2, 0.25) is 0 Å². The fourth-order valence-electron chi connectivity index (χ4n) is 2.11. The zero-order chi connectivity index (χ0) is 14.5. The highest BCUT2D eigenvalue weighted by Crippen LogP contribution is 2.20. The molecule has 1 aromatic heterocycles. The molecule has 1 saturated heterocycles. The maximum absolute atomic E-state index is 11.1. The minimum Gasteiger partial charge on any atom is -0.478 e. The van der Waals surface area contributed by atoms with Gasteiger partial charge in [0.05, 0.1) is 0 Å². The van der Waals surface area contributed by atoms with Gasteiger partial charge in [-0.15, -0.1) is 0 Å². The number of rotatable bonds is 4. The van der Waals surface area contributed by atoms with Crippen molar-refractivity contribution in [2.45, 2.75) is 12.8 Å². The summed E-state index contributed by atoms with van der Waals surface area (Å²) < 4.78 is 0. The highest BCUT2D eigenvalue weighted by Gasteiger charge is 2.24. The van der Waals surface area contributed by atoms with Crippen LogP contribution >= 0.6 is 0 Å². The van der Waals surface area contributed by atoms with E-state index >= 15 is 0 Å². The van der Waals surface area contributed by atoms with Gasteiger partial charge in [0.2, 0.25) is 11.9 Å². The van der Waals surface area contributed by atoms with Crippen LogP contribution in [-0.4, -0.2) is 40.0 Å². The summed E-state index contributed by atoms with van der Waals surface area (Å²) >= 11 is 0. The SMILES string of the molecule is NC(=O)C1CCN(c2ncc(/C=C/C(=O)O)cn2)CC1. The smallest absolute Gasteiger partial charge is 0.328 e. The van der Waals surface area contributed by atoms with Crippen LogP contribution in [0.3, 0.4) is 0 Å². The number of nitrogens with zero attached hydrogens (tertiary/aromatic N) is 3. The van der Waals surface area contributed by atoms with Gasteiger partial charge in [-0.05, 0) is 18.9 Å². The molecule has 3 N–H and O–H groups in total. The van der Waals surface area contributed by atoms with Gasteiger partial charge in [0.1, 0.15) is 0 Å². The van der Waals surface area contributed by atoms with Gasteiger partial charge in [0.15, 0.2) is 0 Å². The second kappa shape index (κ2) is 6.14. The average Bonchev–Trinajstić information content (AvgIpc) is 2.46. The van der Waals surface area contributed by atoms with Crippen molar-refractivity contribution in [3.63, 3.8) is 0 Å². The molecule has 0 unspecified atom stereocenters. The van der Waals surface area contributed by atoms with Gasteiger partial charge in [0, 0.05) is 43.0 Å². The third-order valence-corrected chi connectivity index (χ3v) is 3.26. The average molecular weight is 276 g/mol. The molecule has 1 aromatic rings. The lowest BCUT2D eigenvalue weighted by atomic mass is 9.96. The molecule has 0 atom stereocenters. The number of aromatic nitrogens is 2. The van der Waals surface area contributed by atoms with Crippen molar-refractivity contribution < 1.29 is 14.7 Å². The Bertz CT molecular complexity index is 519. The number of primary amides is 1. The molecule has 1 fully saturated rings. The summed E-state index contributed by atoms with van der Waals surface area (Å²) in [5.41, 5.74) is 5.91. The fourth-order valence-corrected chi connectivity index (χ4v) is 2.11. The first-order valence-corrected chi connectivity index (χ1v) is 6.33. The van der Waals surface area contributed by atoms with Crippen LogP contribution in [0, 0.1) is 5.92 Å². The van der Waals surface area contributed by atoms with Crippen molar-refractivity contribution in [2.24, 2.45) is 11.7 Å². The predicted octanol–water partition coefficient (Wildman–Crippen LogP) is 0.276. The Morgan fingerprint density at radius 1 is 1.30 bits per heavy atom. The first kappa shape index (κ1) is 14.0. The molecule has 7 nitrogen and oxygen atoms in total. The molecule has 0 aliphatic carbocycles. The number of carboxylic acid groups (broad SMARTS) is 1. The van der Waals surface area contributed by atoms with Crippen LogP contribution in [0.5, 0.6) is 0 Å². The number of piperidine rings is 1. The standard InChI is InChI=1S/C13H16N4O3/c14-12(20)10-3-5-17(6-4-10)13-15-7-9(8-16-13)1-2-11(18)19/h1-2,7-8,10H,3-6H2,(H2,14,20)(H,18,19)/b2-1+. The minimum absolute atomic E-state index is 0.0657. The summed E-state index contributed by atoms with van der Waals surface area (Å²) in [6.07, 6.45) is 7.03. The number of carbonyl (C=O) groups excluding carboxylic acids is 1. The van der Waals surface area contributed by atoms with E-state index in [4.69, 9.17) is 10.8 Å². The molecular formula is C13H16N4O3. The van der Waals surface area contributed by atoms with E-state index in [2.05, 4.69) is 9.97 Å². The number of hydrogen-bond acceptors (Lipinski definition) is 5. The van der Waals surface area contributed by atoms with E-state index in [1.165, 1.54) is 6.08 Å². The molecule has 7 heteroatoms. The normalized spacial score (nSPS) is 16.5. The number of nitrogens with two attached hydrogens (primary N) is 1. The van der Waals surface area contributed by atoms with E-state index < -0.39 is 5.97 Å². The fraction of sp³-hybridized carbons (Fsp3) is 0.385. The zero-order valence-corrected chi connectivity index (χ0v) is 10.9. The van der Waals surface area contributed by atoms with Crippen molar-refractivity contribution in [2.75, 3.05) is 18.0 Å². The first-order chi connectivity index (χ1) is 9.56. The first-order valence-electron chi connectivity index (χ1n) is 6.33. The molecule has 20 heavy (non-hydrogen) atoms. The Balaban J connectivity index is 1.97. The van der Waals surface area contributed by atoms with Gasteiger partial charge < -0.3 is 15.7 Å². The van der Waals surface area contributed by atoms with Crippen molar-refractivity contribution in [1.29, 1.82) is 0 Å². The lowest BCUT2D eigenvalue weighted by Gasteiger charge is -2.30. The van der Waals surface area contributed by atoms with Gasteiger partial charge in [0.25, 0.3) is 0 Å². The van der Waals surface area contributed by atoms with Gasteiger partial charge >= 0.3 is 5.97 Å². The Hall–Kier alpha value is -2.44. The van der Waals surface area contributed by atoms with Crippen molar-refractivity contribution in [3.05, 3.63) is 24.0 Å². The number of anilines is 1. The highest BCUT2D eigenvalue weighted by molar-refractivity contribution is 5.85. The summed E-state index contributed by atoms with van der Waals surface area (Å²) in [5.74, 6) is -0.744. The lowest BCUT2D eigenvalue weighted by Crippen LogP contribution is -2.39. The van der Waals surface area contributed by atoms with E-state index in [1.54, 1.807) is 12.4 Å². The quantitative estimate of drug-likeness (QED) is 0.764. The van der Waals surface area contributed by atoms with Gasteiger partial charge in [-0.25, -0.2) is 14.8 Å². The zero-order valence-electron chi connectivity index (χ0n) is 10.9. The van der Waals surface area contributed by atoms with Crippen LogP contribution < -0.4 is 10.6 Å². The molecule has 0 saturated carbocycles. The molecule has 2 heterocycles. The summed E-state index contributed by atoms with van der Waals surface area (Å²) in [5, 5.41) is 8.53. The Morgan fingerprint density at radius 3 is 2.40 bits per heavy atom. The number of aliphatic carboxylic acids is 1. The van der Waals surface area contributed by atoms with E-state index in [0.29, 0.717) is 37.4 Å². The topological polar surface area (TPSA) is 109 Å². The van der Waals surface area contributed by atoms with Crippen LogP contribution in [0.4, 0.5) is 5.95 Å². The molecule has 0 aromatic carbocycles. The van der Waals surface area contributed by atoms with E-state index in [9.17, 15) is 9.59 Å². The number of hydrogen-bond donors (Lipinski definition) is 2. The number of amides is 1. The number of carbonyl (C=O) groups is 2. The summed E-state index contributed by atoms with van der Waals surface area (Å²) in [6.45, 7) is 1.38. The Kier molecular flexibility index (Phi) is 4.29. The second-order valence-electron chi connectivity index (χ2n) is 4.65. The van der Waals surface area contributed by atoms with Crippen LogP contribution in [0.25, 0.3) is 6.08 Å². The Morgan fingerprint density at radius 2 is 1.90 bits per heavy atom. The second-order valence-corrected chi connectivity index (χ2v) is 4.65. The maximum Gasteiger partial charge on any atom is 0.328 e. The summed E-state index contributed by atoms with van der Waals surface area (Å²) in [4.78, 5) is 31.9. The van der Waals surface area contributed by atoms with Crippen LogP contribution in [-0.2, 0) is 9.59 Å². The van der Waals surface area contributed by atoms with Crippen molar-refractivity contribution >= 4 is 23.9 Å². The largest absolute Gasteiger partial charge is 0.478 e. The highest BCUT2D eigenvalue weighted by atomic mass is 16.4. The molecule has 106 valence electrons. The van der Waals surface area contributed by atoms with Crippen molar-refractivity contribution in [1.82, 2.24) is 9.97 Å². The van der Waals surface area contributed by atoms with Gasteiger partial charge in [-0.2, -0.15) is 0 Å². The monoisotopic (exact) mass is 276 g/mol. The molecule has 1 aliphatic heterocycles. The Labute approximate surface area is 116 Å². The summed E-state index contributed by atoms with van der Waals surface area (Å²) in [6, 6.07) is 0. The molecular weight excluding hydrogens is 260 g/mol. The maximum atomic E-state index is 11.1. The van der Waals surface area contributed by atoms with Crippen LogP contribution in [0.15, 0.2) is 18.5 Å². The predicted molar refractivity (Wildman–Crippen MR) is 72.8 cm³/mol. The summed E-state index contributed by atoms with van der Waals surface area (Å²) in [7, 11) is 0. The minimum atomic E-state index is -1.01. The van der Waals surface area contributed by atoms with Gasteiger partial charge in [-0.3, -0.25) is 4.79 Å². The third-order valence-electron chi connectivity index (χ3n) is 3.26. The van der Waals surface area contributed by atoms with E-state index in [0.717, 1.165) is 6.08 Å². The molecule has 1 amide bonds. The molecule has 1 aliphatic rings. The number of carboxylic acids is 1. The van der Waals surface area contributed by atoms with Crippen LogP contribution in [0.1, 0.15) is 18.4 Å². The van der Waals surface area contributed by atoms with E-state index in [1.807, 2.05) is 4.90 Å². The molecule has 0 spiro atoms. The van der Waals surface area contributed by atoms with E-state index in [-0.39, 0.29) is 11.8 Å². The van der Waals surface area contributed by atoms with Crippen molar-refractivity contribution in [3.8, 4) is 0 Å². The van der Waals surface area contributed by atoms with Gasteiger partial charge in [-0.1, -0.05) is 0 Å². The molecule has 0 bridgehead atoms.